The lowest BCUT2D eigenvalue weighted by Crippen LogP contribution is -2.45. The van der Waals surface area contributed by atoms with Gasteiger partial charge in [0, 0.05) is 17.3 Å². The molecule has 1 unspecified atom stereocenters. The van der Waals surface area contributed by atoms with Crippen molar-refractivity contribution in [1.29, 1.82) is 0 Å². The van der Waals surface area contributed by atoms with Gasteiger partial charge in [0.2, 0.25) is 0 Å². The molecule has 1 saturated heterocycles. The van der Waals surface area contributed by atoms with Gasteiger partial charge in [0.05, 0.1) is 29.8 Å². The zero-order chi connectivity index (χ0) is 25.1. The van der Waals surface area contributed by atoms with Gasteiger partial charge in [-0.1, -0.05) is 42.2 Å². The summed E-state index contributed by atoms with van der Waals surface area (Å²) < 4.78 is 6.89. The molecule has 1 aliphatic heterocycles. The fourth-order valence-electron chi connectivity index (χ4n) is 3.52. The summed E-state index contributed by atoms with van der Waals surface area (Å²) in [5.74, 6) is -2.78. The van der Waals surface area contributed by atoms with E-state index in [1.165, 1.54) is 0 Å². The van der Waals surface area contributed by atoms with Crippen LogP contribution in [0, 0.1) is 0 Å². The number of rotatable bonds is 8. The topological polar surface area (TPSA) is 122 Å². The Balaban J connectivity index is 1.77. The average molecular weight is 510 g/mol. The number of nitrogens with zero attached hydrogens (tertiary/aromatic N) is 3. The molecule has 3 aromatic rings. The molecule has 0 radical (unpaired) electrons. The largest absolute Gasteiger partial charge is 0.497 e. The lowest BCUT2D eigenvalue weighted by molar-refractivity contribution is -0.150. The first-order valence-corrected chi connectivity index (χ1v) is 11.5. The van der Waals surface area contributed by atoms with Crippen molar-refractivity contribution in [2.75, 3.05) is 7.11 Å². The van der Waals surface area contributed by atoms with Crippen LogP contribution in [0.4, 0.5) is 0 Å². The molecule has 0 aliphatic carbocycles. The molecular formula is C24H19N3O6S2. The maximum atomic E-state index is 13.1. The zero-order valence-corrected chi connectivity index (χ0v) is 20.0. The Morgan fingerprint density at radius 2 is 1.83 bits per heavy atom. The van der Waals surface area contributed by atoms with E-state index in [2.05, 4.69) is 0 Å². The van der Waals surface area contributed by atoms with Crippen LogP contribution in [-0.2, 0) is 14.4 Å². The fourth-order valence-corrected chi connectivity index (χ4v) is 4.87. The van der Waals surface area contributed by atoms with Crippen molar-refractivity contribution in [3.63, 3.8) is 0 Å². The normalized spacial score (nSPS) is 15.5. The number of carbonyl (C=O) groups excluding carboxylic acids is 1. The number of para-hydroxylation sites is 1. The number of aromatic nitrogens is 2. The number of methoxy groups -OCH3 is 1. The summed E-state index contributed by atoms with van der Waals surface area (Å²) >= 11 is 6.15. The summed E-state index contributed by atoms with van der Waals surface area (Å²) in [5.41, 5.74) is 2.77. The molecule has 1 aromatic heterocycles. The summed E-state index contributed by atoms with van der Waals surface area (Å²) in [6.45, 7) is 0. The first-order valence-electron chi connectivity index (χ1n) is 10.3. The van der Waals surface area contributed by atoms with Crippen LogP contribution in [0.15, 0.2) is 65.7 Å². The number of ether oxygens (including phenoxy) is 1. The van der Waals surface area contributed by atoms with Crippen LogP contribution in [0.1, 0.15) is 12.0 Å². The van der Waals surface area contributed by atoms with Crippen molar-refractivity contribution >= 4 is 52.2 Å². The lowest BCUT2D eigenvalue weighted by Gasteiger charge is -2.21. The van der Waals surface area contributed by atoms with Crippen molar-refractivity contribution in [1.82, 2.24) is 14.7 Å². The number of thiocarbonyl (C=S) groups is 1. The molecule has 1 fully saturated rings. The average Bonchev–Trinajstić information content (AvgIpc) is 3.38. The third-order valence-corrected chi connectivity index (χ3v) is 6.53. The van der Waals surface area contributed by atoms with Crippen LogP contribution in [0.2, 0.25) is 0 Å². The molecule has 1 amide bonds. The predicted molar refractivity (Wildman–Crippen MR) is 134 cm³/mol. The third-order valence-electron chi connectivity index (χ3n) is 5.20. The van der Waals surface area contributed by atoms with Crippen molar-refractivity contribution < 1.29 is 29.3 Å². The molecule has 2 N–H and O–H groups in total. The van der Waals surface area contributed by atoms with Crippen molar-refractivity contribution in [2.45, 2.75) is 12.5 Å². The summed E-state index contributed by atoms with van der Waals surface area (Å²) in [5, 5.41) is 23.3. The van der Waals surface area contributed by atoms with E-state index in [0.717, 1.165) is 27.9 Å². The fraction of sp³-hybridized carbons (Fsp3) is 0.125. The minimum atomic E-state index is -1.60. The molecule has 0 spiro atoms. The SMILES string of the molecule is COc1ccc(-c2nn(-c3ccccc3)cc2C=C2SC(=S)N(C(CC(=O)O)C(=O)O)C2=O)cc1. The number of benzene rings is 2. The second-order valence-corrected chi connectivity index (χ2v) is 9.12. The highest BCUT2D eigenvalue weighted by Gasteiger charge is 2.41. The van der Waals surface area contributed by atoms with Crippen molar-refractivity contribution in [3.8, 4) is 22.7 Å². The van der Waals surface area contributed by atoms with Crippen LogP contribution in [0.25, 0.3) is 23.0 Å². The van der Waals surface area contributed by atoms with Crippen LogP contribution in [0.5, 0.6) is 5.75 Å². The van der Waals surface area contributed by atoms with Gasteiger partial charge in [-0.2, -0.15) is 5.10 Å². The number of amides is 1. The van der Waals surface area contributed by atoms with Gasteiger partial charge >= 0.3 is 11.9 Å². The monoisotopic (exact) mass is 509 g/mol. The number of hydrogen-bond acceptors (Lipinski definition) is 7. The molecule has 178 valence electrons. The maximum Gasteiger partial charge on any atom is 0.327 e. The minimum Gasteiger partial charge on any atom is -0.497 e. The van der Waals surface area contributed by atoms with Gasteiger partial charge in [-0.3, -0.25) is 14.5 Å². The van der Waals surface area contributed by atoms with E-state index in [1.54, 1.807) is 36.2 Å². The predicted octanol–water partition coefficient (Wildman–Crippen LogP) is 3.68. The summed E-state index contributed by atoms with van der Waals surface area (Å²) in [4.78, 5) is 36.9. The van der Waals surface area contributed by atoms with E-state index >= 15 is 0 Å². The van der Waals surface area contributed by atoms with E-state index in [-0.39, 0.29) is 9.23 Å². The molecule has 1 aliphatic rings. The van der Waals surface area contributed by atoms with E-state index in [4.69, 9.17) is 27.2 Å². The van der Waals surface area contributed by atoms with Crippen LogP contribution < -0.4 is 4.74 Å². The smallest absolute Gasteiger partial charge is 0.327 e. The quantitative estimate of drug-likeness (QED) is 0.346. The highest BCUT2D eigenvalue weighted by molar-refractivity contribution is 8.26. The van der Waals surface area contributed by atoms with Crippen molar-refractivity contribution in [3.05, 3.63) is 71.3 Å². The van der Waals surface area contributed by atoms with Gasteiger partial charge in [0.15, 0.2) is 0 Å². The second kappa shape index (κ2) is 10.1. The molecule has 1 atom stereocenters. The zero-order valence-electron chi connectivity index (χ0n) is 18.3. The van der Waals surface area contributed by atoms with E-state index in [1.807, 2.05) is 42.5 Å². The Morgan fingerprint density at radius 3 is 2.43 bits per heavy atom. The second-order valence-electron chi connectivity index (χ2n) is 7.45. The maximum absolute atomic E-state index is 13.1. The van der Waals surface area contributed by atoms with Gasteiger partial charge in [-0.15, -0.1) is 0 Å². The first kappa shape index (κ1) is 24.2. The Hall–Kier alpha value is -3.96. The standard InChI is InChI=1S/C24H19N3O6S2/c1-33-17-9-7-14(8-10-17)21-15(13-26(25-21)16-5-3-2-4-6-16)11-19-22(30)27(24(34)35-19)18(23(31)32)12-20(28)29/h2-11,13,18H,12H2,1H3,(H,28,29)(H,31,32). The lowest BCUT2D eigenvalue weighted by atomic mass is 10.1. The van der Waals surface area contributed by atoms with Gasteiger partial charge in [0.25, 0.3) is 5.91 Å². The van der Waals surface area contributed by atoms with Gasteiger partial charge in [-0.25, -0.2) is 9.48 Å². The molecule has 9 nitrogen and oxygen atoms in total. The third kappa shape index (κ3) is 5.10. The Morgan fingerprint density at radius 1 is 1.14 bits per heavy atom. The molecule has 35 heavy (non-hydrogen) atoms. The van der Waals surface area contributed by atoms with Gasteiger partial charge in [-0.05, 0) is 42.5 Å². The Kier molecular flexibility index (Phi) is 6.99. The van der Waals surface area contributed by atoms with Crippen LogP contribution in [-0.4, -0.2) is 60.2 Å². The Labute approximate surface area is 209 Å². The molecule has 4 rings (SSSR count). The number of aliphatic carboxylic acids is 2. The van der Waals surface area contributed by atoms with E-state index in [9.17, 15) is 19.5 Å². The molecule has 2 heterocycles. The first-order chi connectivity index (χ1) is 16.8. The molecule has 0 saturated carbocycles. The summed E-state index contributed by atoms with van der Waals surface area (Å²) in [7, 11) is 1.57. The number of hydrogen-bond donors (Lipinski definition) is 2. The van der Waals surface area contributed by atoms with Crippen LogP contribution >= 0.6 is 24.0 Å². The number of carbonyl (C=O) groups is 3. The molecular weight excluding hydrogens is 490 g/mol. The summed E-state index contributed by atoms with van der Waals surface area (Å²) in [6.07, 6.45) is 2.58. The molecule has 11 heteroatoms. The van der Waals surface area contributed by atoms with Gasteiger partial charge in [0.1, 0.15) is 16.1 Å². The Bertz CT molecular complexity index is 1340. The van der Waals surface area contributed by atoms with E-state index in [0.29, 0.717) is 17.0 Å². The number of thioether (sulfide) groups is 1. The summed E-state index contributed by atoms with van der Waals surface area (Å²) in [6, 6.07) is 15.1. The minimum absolute atomic E-state index is 0.0173. The molecule has 2 aromatic carbocycles. The van der Waals surface area contributed by atoms with Gasteiger partial charge < -0.3 is 14.9 Å². The van der Waals surface area contributed by atoms with Crippen LogP contribution in [0.3, 0.4) is 0 Å². The number of carboxylic acid groups (broad SMARTS) is 2. The van der Waals surface area contributed by atoms with E-state index < -0.39 is 30.3 Å². The highest BCUT2D eigenvalue weighted by atomic mass is 32.2. The molecule has 0 bridgehead atoms. The highest BCUT2D eigenvalue weighted by Crippen LogP contribution is 2.36. The number of carboxylic acids is 2. The van der Waals surface area contributed by atoms with Crippen molar-refractivity contribution in [2.24, 2.45) is 0 Å².